The first-order valence-electron chi connectivity index (χ1n) is 7.86. The molecule has 0 aromatic carbocycles. The maximum absolute atomic E-state index is 12.4. The molecule has 2 heterocycles. The maximum Gasteiger partial charge on any atom is 0.410 e. The molecule has 1 unspecified atom stereocenters. The monoisotopic (exact) mass is 434 g/mol. The fourth-order valence-corrected chi connectivity index (χ4v) is 4.15. The van der Waals surface area contributed by atoms with Gasteiger partial charge in [0, 0.05) is 30.3 Å². The highest BCUT2D eigenvalue weighted by molar-refractivity contribution is 9.10. The summed E-state index contributed by atoms with van der Waals surface area (Å²) in [6.07, 6.45) is 1.76. The van der Waals surface area contributed by atoms with Crippen molar-refractivity contribution < 1.29 is 17.9 Å². The standard InChI is InChI=1S/C15H23BrN4O4S/c1-15(2,3)24-14(21)20-5-4-10(9-20)7-19-25(22,23)12-6-11(16)8-18-13(12)17/h6,8,10,19H,4-5,7,9H2,1-3H3,(H2,17,18). The van der Waals surface area contributed by atoms with E-state index in [-0.39, 0.29) is 29.3 Å². The average Bonchev–Trinajstić information content (AvgIpc) is 2.95. The summed E-state index contributed by atoms with van der Waals surface area (Å²) in [6.45, 7) is 6.63. The van der Waals surface area contributed by atoms with Crippen LogP contribution < -0.4 is 10.5 Å². The second kappa shape index (κ2) is 7.46. The van der Waals surface area contributed by atoms with Gasteiger partial charge >= 0.3 is 6.09 Å². The third-order valence-electron chi connectivity index (χ3n) is 3.64. The van der Waals surface area contributed by atoms with E-state index in [0.717, 1.165) is 0 Å². The molecule has 8 nitrogen and oxygen atoms in total. The molecule has 25 heavy (non-hydrogen) atoms. The normalized spacial score (nSPS) is 18.4. The first-order valence-corrected chi connectivity index (χ1v) is 10.1. The van der Waals surface area contributed by atoms with E-state index in [1.807, 2.05) is 20.8 Å². The Kier molecular flexibility index (Phi) is 5.95. The number of rotatable bonds is 4. The summed E-state index contributed by atoms with van der Waals surface area (Å²) >= 11 is 3.19. The molecule has 0 radical (unpaired) electrons. The average molecular weight is 435 g/mol. The molecule has 1 aliphatic rings. The van der Waals surface area contributed by atoms with Gasteiger partial charge in [-0.2, -0.15) is 0 Å². The van der Waals surface area contributed by atoms with Crippen LogP contribution in [0.1, 0.15) is 27.2 Å². The highest BCUT2D eigenvalue weighted by Gasteiger charge is 2.30. The number of sulfonamides is 1. The number of hydrogen-bond donors (Lipinski definition) is 2. The Morgan fingerprint density at radius 2 is 2.20 bits per heavy atom. The predicted molar refractivity (Wildman–Crippen MR) is 97.5 cm³/mol. The minimum atomic E-state index is -3.77. The largest absolute Gasteiger partial charge is 0.444 e. The Bertz CT molecular complexity index is 748. The van der Waals surface area contributed by atoms with E-state index in [0.29, 0.717) is 24.0 Å². The first kappa shape index (κ1) is 19.9. The van der Waals surface area contributed by atoms with Gasteiger partial charge in [-0.1, -0.05) is 0 Å². The van der Waals surface area contributed by atoms with E-state index in [9.17, 15) is 13.2 Å². The van der Waals surface area contributed by atoms with Gasteiger partial charge in [0.05, 0.1) is 0 Å². The zero-order valence-corrected chi connectivity index (χ0v) is 16.9. The van der Waals surface area contributed by atoms with Gasteiger partial charge in [-0.3, -0.25) is 0 Å². The van der Waals surface area contributed by atoms with Gasteiger partial charge in [0.25, 0.3) is 0 Å². The molecule has 2 rings (SSSR count). The Morgan fingerprint density at radius 1 is 1.52 bits per heavy atom. The van der Waals surface area contributed by atoms with E-state index >= 15 is 0 Å². The summed E-state index contributed by atoms with van der Waals surface area (Å²) in [4.78, 5) is 17.4. The molecule has 1 amide bonds. The number of nitrogen functional groups attached to an aromatic ring is 1. The number of nitrogens with zero attached hydrogens (tertiary/aromatic N) is 2. The third kappa shape index (κ3) is 5.55. The van der Waals surface area contributed by atoms with Crippen molar-refractivity contribution in [2.75, 3.05) is 25.4 Å². The number of likely N-dealkylation sites (tertiary alicyclic amines) is 1. The van der Waals surface area contributed by atoms with Crippen molar-refractivity contribution in [3.63, 3.8) is 0 Å². The molecule has 1 atom stereocenters. The molecule has 1 fully saturated rings. The molecule has 140 valence electrons. The molecule has 0 saturated carbocycles. The number of carbonyl (C=O) groups excluding carboxylic acids is 1. The molecule has 0 aliphatic carbocycles. The fraction of sp³-hybridized carbons (Fsp3) is 0.600. The van der Waals surface area contributed by atoms with Crippen LogP contribution in [0.4, 0.5) is 10.6 Å². The molecule has 1 aromatic rings. The Hall–Kier alpha value is -1.39. The number of anilines is 1. The quantitative estimate of drug-likeness (QED) is 0.748. The highest BCUT2D eigenvalue weighted by Crippen LogP contribution is 2.22. The minimum absolute atomic E-state index is 0.0172. The molecule has 1 saturated heterocycles. The Balaban J connectivity index is 1.94. The van der Waals surface area contributed by atoms with Crippen LogP contribution in [0.15, 0.2) is 21.6 Å². The van der Waals surface area contributed by atoms with E-state index in [1.165, 1.54) is 12.3 Å². The molecular weight excluding hydrogens is 412 g/mol. The zero-order valence-electron chi connectivity index (χ0n) is 14.5. The first-order chi connectivity index (χ1) is 11.5. The zero-order chi connectivity index (χ0) is 18.8. The van der Waals surface area contributed by atoms with Crippen LogP contribution in [0.25, 0.3) is 0 Å². The van der Waals surface area contributed by atoms with Crippen molar-refractivity contribution in [3.8, 4) is 0 Å². The van der Waals surface area contributed by atoms with Crippen LogP contribution in [0.5, 0.6) is 0 Å². The molecule has 1 aromatic heterocycles. The van der Waals surface area contributed by atoms with Crippen LogP contribution in [0.3, 0.4) is 0 Å². The van der Waals surface area contributed by atoms with Crippen LogP contribution in [-0.4, -0.2) is 49.6 Å². The van der Waals surface area contributed by atoms with E-state index in [4.69, 9.17) is 10.5 Å². The highest BCUT2D eigenvalue weighted by atomic mass is 79.9. The number of hydrogen-bond acceptors (Lipinski definition) is 6. The van der Waals surface area contributed by atoms with Gasteiger partial charge < -0.3 is 15.4 Å². The molecule has 10 heteroatoms. The van der Waals surface area contributed by atoms with E-state index in [1.54, 1.807) is 4.90 Å². The van der Waals surface area contributed by atoms with Gasteiger partial charge in [-0.05, 0) is 55.1 Å². The Morgan fingerprint density at radius 3 is 2.84 bits per heavy atom. The summed E-state index contributed by atoms with van der Waals surface area (Å²) < 4.78 is 33.2. The lowest BCUT2D eigenvalue weighted by molar-refractivity contribution is 0.0288. The molecule has 0 bridgehead atoms. The lowest BCUT2D eigenvalue weighted by Gasteiger charge is -2.24. The topological polar surface area (TPSA) is 115 Å². The molecule has 3 N–H and O–H groups in total. The third-order valence-corrected chi connectivity index (χ3v) is 5.52. The number of amides is 1. The van der Waals surface area contributed by atoms with Gasteiger partial charge in [-0.15, -0.1) is 0 Å². The molecule has 0 spiro atoms. The molecular formula is C15H23BrN4O4S. The predicted octanol–water partition coefficient (Wildman–Crippen LogP) is 1.96. The van der Waals surface area contributed by atoms with Crippen LogP contribution in [-0.2, 0) is 14.8 Å². The van der Waals surface area contributed by atoms with Crippen LogP contribution >= 0.6 is 15.9 Å². The second-order valence-electron chi connectivity index (χ2n) is 6.97. The van der Waals surface area contributed by atoms with Gasteiger partial charge in [-0.25, -0.2) is 22.9 Å². The number of ether oxygens (including phenoxy) is 1. The summed E-state index contributed by atoms with van der Waals surface area (Å²) in [5.74, 6) is -0.0406. The summed E-state index contributed by atoms with van der Waals surface area (Å²) in [5.41, 5.74) is 5.11. The van der Waals surface area contributed by atoms with Crippen molar-refractivity contribution in [2.45, 2.75) is 37.7 Å². The SMILES string of the molecule is CC(C)(C)OC(=O)N1CCC(CNS(=O)(=O)c2cc(Br)cnc2N)C1. The summed E-state index contributed by atoms with van der Waals surface area (Å²) in [7, 11) is -3.77. The second-order valence-corrected chi connectivity index (χ2v) is 9.62. The lowest BCUT2D eigenvalue weighted by Crippen LogP contribution is -2.36. The van der Waals surface area contributed by atoms with E-state index < -0.39 is 15.6 Å². The van der Waals surface area contributed by atoms with Crippen molar-refractivity contribution in [1.82, 2.24) is 14.6 Å². The van der Waals surface area contributed by atoms with Crippen LogP contribution in [0.2, 0.25) is 0 Å². The van der Waals surface area contributed by atoms with E-state index in [2.05, 4.69) is 25.6 Å². The smallest absolute Gasteiger partial charge is 0.410 e. The fourth-order valence-electron chi connectivity index (χ4n) is 2.44. The van der Waals surface area contributed by atoms with Gasteiger partial charge in [0.2, 0.25) is 10.0 Å². The number of nitrogens with two attached hydrogens (primary N) is 1. The van der Waals surface area contributed by atoms with Crippen molar-refractivity contribution >= 4 is 37.9 Å². The number of carbonyl (C=O) groups is 1. The van der Waals surface area contributed by atoms with Gasteiger partial charge in [0.15, 0.2) is 0 Å². The Labute approximate surface area is 156 Å². The summed E-state index contributed by atoms with van der Waals surface area (Å²) in [5, 5.41) is 0. The number of pyridine rings is 1. The maximum atomic E-state index is 12.4. The van der Waals surface area contributed by atoms with Crippen molar-refractivity contribution in [3.05, 3.63) is 16.7 Å². The minimum Gasteiger partial charge on any atom is -0.444 e. The number of halogens is 1. The van der Waals surface area contributed by atoms with Crippen LogP contribution in [0, 0.1) is 5.92 Å². The number of aromatic nitrogens is 1. The summed E-state index contributed by atoms with van der Waals surface area (Å²) in [6, 6.07) is 1.41. The van der Waals surface area contributed by atoms with Crippen molar-refractivity contribution in [1.29, 1.82) is 0 Å². The van der Waals surface area contributed by atoms with Gasteiger partial charge in [0.1, 0.15) is 16.3 Å². The van der Waals surface area contributed by atoms with Crippen molar-refractivity contribution in [2.24, 2.45) is 5.92 Å². The number of nitrogens with one attached hydrogen (secondary N) is 1. The molecule has 1 aliphatic heterocycles. The lowest BCUT2D eigenvalue weighted by atomic mass is 10.1.